The minimum atomic E-state index is -0.246. The predicted molar refractivity (Wildman–Crippen MR) is 39.7 cm³/mol. The molecule has 1 aromatic rings. The molecule has 0 bridgehead atoms. The lowest BCUT2D eigenvalue weighted by Gasteiger charge is -1.89. The number of hydrogen-bond donors (Lipinski definition) is 2. The van der Waals surface area contributed by atoms with E-state index in [9.17, 15) is 9.59 Å². The number of carbonyl (C=O) groups is 1. The minimum absolute atomic E-state index is 0.246. The fraction of sp³-hybridized carbons (Fsp3) is 0. The van der Waals surface area contributed by atoms with E-state index >= 15 is 0 Å². The Labute approximate surface area is 62.5 Å². The van der Waals surface area contributed by atoms with Gasteiger partial charge in [-0.2, -0.15) is 0 Å². The summed E-state index contributed by atoms with van der Waals surface area (Å²) in [6.45, 7) is 0. The maximum atomic E-state index is 10.7. The topological polar surface area (TPSA) is 49.9 Å². The van der Waals surface area contributed by atoms with Crippen molar-refractivity contribution in [1.82, 2.24) is 4.98 Å². The molecular formula is C6H5NO2S. The molecule has 1 rings (SSSR count). The van der Waals surface area contributed by atoms with Gasteiger partial charge in [0, 0.05) is 12.3 Å². The summed E-state index contributed by atoms with van der Waals surface area (Å²) in [5.74, 6) is 0. The second-order valence-corrected chi connectivity index (χ2v) is 2.24. The molecule has 0 aliphatic heterocycles. The molecular weight excluding hydrogens is 150 g/mol. The molecule has 0 unspecified atom stereocenters. The summed E-state index contributed by atoms with van der Waals surface area (Å²) in [6.07, 6.45) is 1.96. The Morgan fingerprint density at radius 2 is 2.30 bits per heavy atom. The van der Waals surface area contributed by atoms with Gasteiger partial charge in [0.2, 0.25) is 0 Å². The number of aromatic nitrogens is 1. The molecule has 0 amide bonds. The quantitative estimate of drug-likeness (QED) is 0.457. The van der Waals surface area contributed by atoms with Crippen molar-refractivity contribution in [2.24, 2.45) is 0 Å². The molecule has 52 valence electrons. The predicted octanol–water partition coefficient (Wildman–Crippen LogP) is 0.476. The van der Waals surface area contributed by atoms with Crippen LogP contribution in [0.1, 0.15) is 10.5 Å². The Morgan fingerprint density at radius 1 is 1.60 bits per heavy atom. The Kier molecular flexibility index (Phi) is 1.91. The molecule has 0 radical (unpaired) electrons. The molecule has 1 aromatic heterocycles. The lowest BCUT2D eigenvalue weighted by atomic mass is 10.4. The van der Waals surface area contributed by atoms with Crippen molar-refractivity contribution >= 4 is 18.9 Å². The van der Waals surface area contributed by atoms with Crippen LogP contribution in [0, 0.1) is 0 Å². The Hall–Kier alpha value is -1.03. The van der Waals surface area contributed by atoms with Gasteiger partial charge in [0.25, 0.3) is 0 Å². The summed E-state index contributed by atoms with van der Waals surface area (Å²) < 4.78 is 0. The van der Waals surface area contributed by atoms with Gasteiger partial charge in [-0.15, -0.1) is 12.6 Å². The van der Waals surface area contributed by atoms with Crippen molar-refractivity contribution in [3.05, 3.63) is 28.2 Å². The molecule has 1 heterocycles. The van der Waals surface area contributed by atoms with Crippen LogP contribution in [0.3, 0.4) is 0 Å². The normalized spacial score (nSPS) is 9.30. The first-order valence-electron chi connectivity index (χ1n) is 2.61. The molecule has 3 nitrogen and oxygen atoms in total. The van der Waals surface area contributed by atoms with E-state index in [1.54, 1.807) is 0 Å². The molecule has 4 heteroatoms. The van der Waals surface area contributed by atoms with Crippen molar-refractivity contribution in [3.63, 3.8) is 0 Å². The third-order valence-electron chi connectivity index (χ3n) is 1.04. The van der Waals surface area contributed by atoms with Crippen LogP contribution < -0.4 is 5.43 Å². The van der Waals surface area contributed by atoms with Gasteiger partial charge >= 0.3 is 0 Å². The molecule has 0 spiro atoms. The number of thiol groups is 1. The Balaban J connectivity index is 3.30. The van der Waals surface area contributed by atoms with Crippen molar-refractivity contribution in [2.75, 3.05) is 0 Å². The summed E-state index contributed by atoms with van der Waals surface area (Å²) in [5, 5.41) is 0. The average molecular weight is 155 g/mol. The SMILES string of the molecule is O=Cc1cc(=O)c(S)c[nH]1. The van der Waals surface area contributed by atoms with Crippen LogP contribution in [-0.2, 0) is 0 Å². The summed E-state index contributed by atoms with van der Waals surface area (Å²) in [4.78, 5) is 23.7. The number of aldehydes is 1. The second kappa shape index (κ2) is 2.70. The Bertz CT molecular complexity index is 305. The molecule has 1 N–H and O–H groups in total. The highest BCUT2D eigenvalue weighted by atomic mass is 32.1. The highest BCUT2D eigenvalue weighted by molar-refractivity contribution is 7.80. The summed E-state index contributed by atoms with van der Waals surface area (Å²) in [6, 6.07) is 1.20. The number of rotatable bonds is 1. The fourth-order valence-corrected chi connectivity index (χ4v) is 0.677. The van der Waals surface area contributed by atoms with Gasteiger partial charge < -0.3 is 4.98 Å². The first-order valence-corrected chi connectivity index (χ1v) is 3.05. The van der Waals surface area contributed by atoms with Gasteiger partial charge in [0.15, 0.2) is 11.7 Å². The number of hydrogen-bond acceptors (Lipinski definition) is 3. The smallest absolute Gasteiger partial charge is 0.195 e. The van der Waals surface area contributed by atoms with E-state index in [0.717, 1.165) is 0 Å². The van der Waals surface area contributed by atoms with Crippen LogP contribution in [0.2, 0.25) is 0 Å². The summed E-state index contributed by atoms with van der Waals surface area (Å²) in [7, 11) is 0. The third-order valence-corrected chi connectivity index (χ3v) is 1.39. The van der Waals surface area contributed by atoms with Gasteiger partial charge in [0.1, 0.15) is 0 Å². The van der Waals surface area contributed by atoms with Crippen LogP contribution >= 0.6 is 12.6 Å². The fourth-order valence-electron chi connectivity index (χ4n) is 0.548. The number of carbonyl (C=O) groups excluding carboxylic acids is 1. The zero-order valence-corrected chi connectivity index (χ0v) is 5.89. The van der Waals surface area contributed by atoms with Crippen LogP contribution in [-0.4, -0.2) is 11.3 Å². The zero-order chi connectivity index (χ0) is 7.56. The highest BCUT2D eigenvalue weighted by Gasteiger charge is 1.93. The molecule has 0 aliphatic carbocycles. The van der Waals surface area contributed by atoms with Gasteiger partial charge in [-0.1, -0.05) is 0 Å². The van der Waals surface area contributed by atoms with Gasteiger partial charge in [-0.05, 0) is 0 Å². The number of aromatic amines is 1. The van der Waals surface area contributed by atoms with E-state index in [1.807, 2.05) is 0 Å². The lowest BCUT2D eigenvalue weighted by molar-refractivity contribution is 0.111. The first kappa shape index (κ1) is 7.08. The van der Waals surface area contributed by atoms with E-state index in [-0.39, 0.29) is 11.1 Å². The van der Waals surface area contributed by atoms with Crippen LogP contribution in [0.25, 0.3) is 0 Å². The Morgan fingerprint density at radius 3 is 2.80 bits per heavy atom. The maximum Gasteiger partial charge on any atom is 0.195 e. The number of pyridine rings is 1. The standard InChI is InChI=1S/C6H5NO2S/c8-3-4-1-5(9)6(10)2-7-4/h1-3,10H,(H,7,9). The van der Waals surface area contributed by atoms with Crippen molar-refractivity contribution < 1.29 is 4.79 Å². The average Bonchev–Trinajstić information content (AvgIpc) is 1.95. The zero-order valence-electron chi connectivity index (χ0n) is 5.00. The van der Waals surface area contributed by atoms with Crippen molar-refractivity contribution in [1.29, 1.82) is 0 Å². The number of nitrogens with one attached hydrogen (secondary N) is 1. The molecule has 0 saturated carbocycles. The van der Waals surface area contributed by atoms with Crippen LogP contribution in [0.5, 0.6) is 0 Å². The molecule has 0 fully saturated rings. The second-order valence-electron chi connectivity index (χ2n) is 1.76. The molecule has 0 aromatic carbocycles. The van der Waals surface area contributed by atoms with E-state index in [2.05, 4.69) is 17.6 Å². The summed E-state index contributed by atoms with van der Waals surface area (Å²) in [5.41, 5.74) is 0.0204. The molecule has 10 heavy (non-hydrogen) atoms. The van der Waals surface area contributed by atoms with E-state index in [1.165, 1.54) is 12.3 Å². The molecule has 0 atom stereocenters. The van der Waals surface area contributed by atoms with Gasteiger partial charge in [0.05, 0.1) is 10.6 Å². The van der Waals surface area contributed by atoms with E-state index in [4.69, 9.17) is 0 Å². The van der Waals surface area contributed by atoms with Crippen molar-refractivity contribution in [2.45, 2.75) is 4.90 Å². The van der Waals surface area contributed by atoms with Crippen molar-refractivity contribution in [3.8, 4) is 0 Å². The first-order chi connectivity index (χ1) is 4.74. The highest BCUT2D eigenvalue weighted by Crippen LogP contribution is 1.94. The van der Waals surface area contributed by atoms with E-state index in [0.29, 0.717) is 11.2 Å². The lowest BCUT2D eigenvalue weighted by Crippen LogP contribution is -2.03. The third kappa shape index (κ3) is 1.27. The molecule has 0 aliphatic rings. The number of H-pyrrole nitrogens is 1. The van der Waals surface area contributed by atoms with Crippen LogP contribution in [0.15, 0.2) is 22.0 Å². The van der Waals surface area contributed by atoms with Gasteiger partial charge in [-0.25, -0.2) is 0 Å². The maximum absolute atomic E-state index is 10.7. The molecule has 0 saturated heterocycles. The van der Waals surface area contributed by atoms with Crippen LogP contribution in [0.4, 0.5) is 0 Å². The van der Waals surface area contributed by atoms with E-state index < -0.39 is 0 Å². The largest absolute Gasteiger partial charge is 0.358 e. The minimum Gasteiger partial charge on any atom is -0.358 e. The van der Waals surface area contributed by atoms with Gasteiger partial charge in [-0.3, -0.25) is 9.59 Å². The monoisotopic (exact) mass is 155 g/mol. The summed E-state index contributed by atoms with van der Waals surface area (Å²) >= 11 is 3.82.